The Labute approximate surface area is 226 Å². The molecule has 2 heterocycles. The maximum Gasteiger partial charge on any atom is 0.204 e. The Balaban J connectivity index is 1.39. The molecule has 1 unspecified atom stereocenters. The van der Waals surface area contributed by atoms with E-state index in [9.17, 15) is 5.11 Å². The van der Waals surface area contributed by atoms with Crippen molar-refractivity contribution in [1.82, 2.24) is 14.9 Å². The van der Waals surface area contributed by atoms with Gasteiger partial charge >= 0.3 is 0 Å². The number of halogens is 2. The van der Waals surface area contributed by atoms with Crippen LogP contribution < -0.4 is 30.3 Å². The lowest BCUT2D eigenvalue weighted by Gasteiger charge is -2.35. The van der Waals surface area contributed by atoms with Crippen molar-refractivity contribution in [2.24, 2.45) is 0 Å². The molecule has 4 rings (SSSR count). The van der Waals surface area contributed by atoms with Crippen LogP contribution in [-0.2, 0) is 0 Å². The van der Waals surface area contributed by atoms with Gasteiger partial charge in [0, 0.05) is 49.7 Å². The number of methoxy groups -OCH3 is 2. The van der Waals surface area contributed by atoms with Gasteiger partial charge in [-0.1, -0.05) is 30.1 Å². The fraction of sp³-hybridized carbons (Fsp3) is 0.360. The number of aromatic nitrogens is 2. The number of nitrogens with zero attached hydrogens (tertiary/aromatic N) is 4. The first-order chi connectivity index (χ1) is 17.9. The maximum atomic E-state index is 10.6. The zero-order valence-corrected chi connectivity index (χ0v) is 22.5. The van der Waals surface area contributed by atoms with Crippen molar-refractivity contribution in [2.75, 3.05) is 67.8 Å². The Kier molecular flexibility index (Phi) is 8.99. The van der Waals surface area contributed by atoms with E-state index in [1.807, 2.05) is 12.1 Å². The van der Waals surface area contributed by atoms with Crippen molar-refractivity contribution in [3.8, 4) is 11.5 Å². The normalized spacial score (nSPS) is 14.7. The van der Waals surface area contributed by atoms with E-state index in [1.54, 1.807) is 12.1 Å². The fourth-order valence-electron chi connectivity index (χ4n) is 4.06. The molecule has 0 amide bonds. The van der Waals surface area contributed by atoms with Crippen molar-refractivity contribution in [3.05, 3.63) is 52.8 Å². The summed E-state index contributed by atoms with van der Waals surface area (Å²) >= 11 is 12.7. The van der Waals surface area contributed by atoms with Crippen LogP contribution in [0.2, 0.25) is 10.0 Å². The number of nitrogens with one attached hydrogen (secondary N) is 3. The van der Waals surface area contributed by atoms with Gasteiger partial charge in [-0.3, -0.25) is 0 Å². The van der Waals surface area contributed by atoms with Gasteiger partial charge in [-0.05, 0) is 30.8 Å². The molecule has 0 radical (unpaired) electrons. The third-order valence-electron chi connectivity index (χ3n) is 6.13. The van der Waals surface area contributed by atoms with Gasteiger partial charge in [0.1, 0.15) is 39.5 Å². The molecule has 1 fully saturated rings. The lowest BCUT2D eigenvalue weighted by molar-refractivity contribution is 0.232. The molecule has 4 N–H and O–H groups in total. The van der Waals surface area contributed by atoms with Crippen LogP contribution in [0.15, 0.2) is 42.7 Å². The van der Waals surface area contributed by atoms with E-state index in [2.05, 4.69) is 54.8 Å². The molecule has 1 aromatic heterocycles. The highest BCUT2D eigenvalue weighted by atomic mass is 35.5. The van der Waals surface area contributed by atoms with Crippen molar-refractivity contribution >= 4 is 51.9 Å². The summed E-state index contributed by atoms with van der Waals surface area (Å²) in [6.07, 6.45) is 0.120. The molecule has 1 atom stereocenters. The Morgan fingerprint density at radius 1 is 0.919 bits per heavy atom. The molecule has 198 valence electrons. The van der Waals surface area contributed by atoms with Crippen LogP contribution in [0.1, 0.15) is 6.92 Å². The van der Waals surface area contributed by atoms with Gasteiger partial charge in [-0.15, -0.1) is 0 Å². The molecule has 1 saturated heterocycles. The van der Waals surface area contributed by atoms with E-state index in [1.165, 1.54) is 26.2 Å². The van der Waals surface area contributed by atoms with Crippen molar-refractivity contribution in [2.45, 2.75) is 13.3 Å². The van der Waals surface area contributed by atoms with E-state index in [4.69, 9.17) is 32.7 Å². The average Bonchev–Trinajstić information content (AvgIpc) is 2.92. The minimum Gasteiger partial charge on any atom is -0.495 e. The van der Waals surface area contributed by atoms with Gasteiger partial charge in [0.15, 0.2) is 0 Å². The van der Waals surface area contributed by atoms with Crippen LogP contribution in [0.25, 0.3) is 0 Å². The van der Waals surface area contributed by atoms with E-state index in [0.717, 1.165) is 38.4 Å². The number of piperazine rings is 1. The Bertz CT molecular complexity index is 1160. The van der Waals surface area contributed by atoms with Crippen LogP contribution in [0.5, 0.6) is 11.5 Å². The molecule has 37 heavy (non-hydrogen) atoms. The van der Waals surface area contributed by atoms with Crippen molar-refractivity contribution in [1.29, 1.82) is 0 Å². The number of aliphatic hydroxyl groups is 1. The molecule has 12 heteroatoms. The second-order valence-corrected chi connectivity index (χ2v) is 9.11. The summed E-state index contributed by atoms with van der Waals surface area (Å²) in [5, 5.41) is 19.9. The monoisotopic (exact) mass is 547 g/mol. The van der Waals surface area contributed by atoms with Crippen LogP contribution in [0.3, 0.4) is 0 Å². The molecule has 10 nitrogen and oxygen atoms in total. The number of aliphatic hydroxyl groups excluding tert-OH is 1. The third kappa shape index (κ3) is 6.58. The third-order valence-corrected chi connectivity index (χ3v) is 6.88. The first-order valence-corrected chi connectivity index (χ1v) is 12.6. The Morgan fingerprint density at radius 3 is 2.14 bits per heavy atom. The summed E-state index contributed by atoms with van der Waals surface area (Å²) in [5.74, 6) is 1.64. The van der Waals surface area contributed by atoms with Gasteiger partial charge < -0.3 is 40.3 Å². The second-order valence-electron chi connectivity index (χ2n) is 8.36. The number of benzene rings is 2. The quantitative estimate of drug-likeness (QED) is 0.271. The standard InChI is InChI=1S/C25H31Cl2N7O3/c1-4-33-9-11-34(12-10-33)17-7-5-16(6-8-17)30-20-14-21(29-15-28-20)31-25(35)32-24-22(26)18(36-2)13-19(37-3)23(24)27/h5-8,13-15,25,32,35H,4,9-12H2,1-3H3,(H2,28,29,30,31). The number of anilines is 5. The first kappa shape index (κ1) is 26.9. The molecule has 1 aliphatic rings. The van der Waals surface area contributed by atoms with E-state index < -0.39 is 6.35 Å². The highest BCUT2D eigenvalue weighted by Gasteiger charge is 2.20. The van der Waals surface area contributed by atoms with Gasteiger partial charge in [0.25, 0.3) is 0 Å². The van der Waals surface area contributed by atoms with Crippen LogP contribution >= 0.6 is 23.2 Å². The number of hydrogen-bond donors (Lipinski definition) is 4. The fourth-order valence-corrected chi connectivity index (χ4v) is 4.67. The maximum absolute atomic E-state index is 10.6. The Hall–Kier alpha value is -3.18. The summed E-state index contributed by atoms with van der Waals surface area (Å²) in [7, 11) is 2.95. The summed E-state index contributed by atoms with van der Waals surface area (Å²) < 4.78 is 10.5. The highest BCUT2D eigenvalue weighted by molar-refractivity contribution is 6.41. The molecule has 3 aromatic rings. The van der Waals surface area contributed by atoms with Crippen LogP contribution in [0, 0.1) is 0 Å². The number of ether oxygens (including phenoxy) is 2. The largest absolute Gasteiger partial charge is 0.495 e. The van der Waals surface area contributed by atoms with E-state index >= 15 is 0 Å². The number of rotatable bonds is 10. The predicted molar refractivity (Wildman–Crippen MR) is 149 cm³/mol. The molecular formula is C25H31Cl2N7O3. The second kappa shape index (κ2) is 12.4. The van der Waals surface area contributed by atoms with E-state index in [0.29, 0.717) is 23.1 Å². The van der Waals surface area contributed by atoms with Crippen LogP contribution in [-0.4, -0.2) is 73.3 Å². The number of likely N-dealkylation sites (N-methyl/N-ethyl adjacent to an activating group) is 1. The Morgan fingerprint density at radius 2 is 1.54 bits per heavy atom. The summed E-state index contributed by atoms with van der Waals surface area (Å²) in [5.41, 5.74) is 2.34. The lowest BCUT2D eigenvalue weighted by Crippen LogP contribution is -2.46. The summed E-state index contributed by atoms with van der Waals surface area (Å²) in [4.78, 5) is 13.3. The zero-order chi connectivity index (χ0) is 26.4. The molecular weight excluding hydrogens is 517 g/mol. The first-order valence-electron chi connectivity index (χ1n) is 11.9. The average molecular weight is 548 g/mol. The molecule has 0 saturated carbocycles. The zero-order valence-electron chi connectivity index (χ0n) is 21.0. The lowest BCUT2D eigenvalue weighted by atomic mass is 10.2. The van der Waals surface area contributed by atoms with Gasteiger partial charge in [0.2, 0.25) is 6.35 Å². The topological polar surface area (TPSA) is 107 Å². The SMILES string of the molecule is CCN1CCN(c2ccc(Nc3cc(NC(O)Nc4c(Cl)c(OC)cc(OC)c4Cl)ncn3)cc2)CC1. The minimum atomic E-state index is -1.28. The minimum absolute atomic E-state index is 0.204. The molecule has 0 aliphatic carbocycles. The molecule has 0 bridgehead atoms. The molecule has 0 spiro atoms. The van der Waals surface area contributed by atoms with Crippen LogP contribution in [0.4, 0.5) is 28.7 Å². The predicted octanol–water partition coefficient (Wildman–Crippen LogP) is 4.49. The summed E-state index contributed by atoms with van der Waals surface area (Å²) in [6, 6.07) is 11.5. The van der Waals surface area contributed by atoms with Gasteiger partial charge in [-0.25, -0.2) is 9.97 Å². The van der Waals surface area contributed by atoms with E-state index in [-0.39, 0.29) is 15.7 Å². The molecule has 2 aromatic carbocycles. The smallest absolute Gasteiger partial charge is 0.204 e. The highest BCUT2D eigenvalue weighted by Crippen LogP contribution is 2.44. The number of hydrogen-bond acceptors (Lipinski definition) is 10. The summed E-state index contributed by atoms with van der Waals surface area (Å²) in [6.45, 7) is 7.50. The molecule has 1 aliphatic heterocycles. The van der Waals surface area contributed by atoms with Gasteiger partial charge in [-0.2, -0.15) is 0 Å². The van der Waals surface area contributed by atoms with Crippen molar-refractivity contribution in [3.63, 3.8) is 0 Å². The van der Waals surface area contributed by atoms with Gasteiger partial charge in [0.05, 0.1) is 19.9 Å². The van der Waals surface area contributed by atoms with Crippen molar-refractivity contribution < 1.29 is 14.6 Å².